The van der Waals surface area contributed by atoms with Crippen LogP contribution in [0, 0.1) is 0 Å². The second kappa shape index (κ2) is 5.68. The summed E-state index contributed by atoms with van der Waals surface area (Å²) in [6.07, 6.45) is 1.74. The van der Waals surface area contributed by atoms with Gasteiger partial charge in [0.25, 0.3) is 0 Å². The molecule has 1 aromatic carbocycles. The molecule has 0 atom stereocenters. The quantitative estimate of drug-likeness (QED) is 0.810. The molecule has 0 saturated heterocycles. The van der Waals surface area contributed by atoms with Gasteiger partial charge in [0.15, 0.2) is 0 Å². The Balaban J connectivity index is 2.00. The van der Waals surface area contributed by atoms with Gasteiger partial charge in [0.2, 0.25) is 0 Å². The van der Waals surface area contributed by atoms with Gasteiger partial charge in [-0.15, -0.1) is 0 Å². The van der Waals surface area contributed by atoms with E-state index in [-0.39, 0.29) is 0 Å². The SMILES string of the molecule is COc1ccc(OCc2cccnc2Br)cc1. The first-order valence-corrected chi connectivity index (χ1v) is 5.95. The number of rotatable bonds is 4. The van der Waals surface area contributed by atoms with E-state index in [9.17, 15) is 0 Å². The summed E-state index contributed by atoms with van der Waals surface area (Å²) in [5.41, 5.74) is 1.02. The van der Waals surface area contributed by atoms with E-state index in [1.54, 1.807) is 13.3 Å². The molecule has 0 N–H and O–H groups in total. The molecule has 88 valence electrons. The highest BCUT2D eigenvalue weighted by atomic mass is 79.9. The molecule has 0 radical (unpaired) electrons. The van der Waals surface area contributed by atoms with Crippen molar-refractivity contribution in [1.29, 1.82) is 0 Å². The smallest absolute Gasteiger partial charge is 0.120 e. The molecule has 1 aromatic heterocycles. The van der Waals surface area contributed by atoms with Gasteiger partial charge < -0.3 is 9.47 Å². The summed E-state index contributed by atoms with van der Waals surface area (Å²) < 4.78 is 11.5. The number of hydrogen-bond acceptors (Lipinski definition) is 3. The monoisotopic (exact) mass is 293 g/mol. The van der Waals surface area contributed by atoms with Crippen LogP contribution in [0.3, 0.4) is 0 Å². The average molecular weight is 294 g/mol. The normalized spacial score (nSPS) is 10.0. The van der Waals surface area contributed by atoms with Gasteiger partial charge in [-0.25, -0.2) is 4.98 Å². The van der Waals surface area contributed by atoms with Gasteiger partial charge in [-0.2, -0.15) is 0 Å². The number of hydrogen-bond donors (Lipinski definition) is 0. The van der Waals surface area contributed by atoms with Gasteiger partial charge in [-0.1, -0.05) is 6.07 Å². The number of nitrogens with zero attached hydrogens (tertiary/aromatic N) is 1. The Labute approximate surface area is 109 Å². The number of ether oxygens (including phenoxy) is 2. The third-order valence-electron chi connectivity index (χ3n) is 2.29. The summed E-state index contributed by atoms with van der Waals surface area (Å²) in [5.74, 6) is 1.63. The fraction of sp³-hybridized carbons (Fsp3) is 0.154. The minimum atomic E-state index is 0.487. The molecule has 0 aliphatic carbocycles. The van der Waals surface area contributed by atoms with E-state index < -0.39 is 0 Å². The van der Waals surface area contributed by atoms with E-state index in [1.165, 1.54) is 0 Å². The van der Waals surface area contributed by atoms with Gasteiger partial charge in [-0.05, 0) is 46.3 Å². The van der Waals surface area contributed by atoms with Crippen molar-refractivity contribution in [3.8, 4) is 11.5 Å². The topological polar surface area (TPSA) is 31.4 Å². The summed E-state index contributed by atoms with van der Waals surface area (Å²) in [7, 11) is 1.64. The Hall–Kier alpha value is -1.55. The van der Waals surface area contributed by atoms with E-state index in [1.807, 2.05) is 36.4 Å². The van der Waals surface area contributed by atoms with Crippen LogP contribution in [0.25, 0.3) is 0 Å². The third-order valence-corrected chi connectivity index (χ3v) is 3.00. The van der Waals surface area contributed by atoms with Crippen LogP contribution in [0.5, 0.6) is 11.5 Å². The van der Waals surface area contributed by atoms with Crippen LogP contribution < -0.4 is 9.47 Å². The Morgan fingerprint density at radius 2 is 1.82 bits per heavy atom. The van der Waals surface area contributed by atoms with E-state index in [0.29, 0.717) is 6.61 Å². The van der Waals surface area contributed by atoms with Crippen molar-refractivity contribution in [2.45, 2.75) is 6.61 Å². The Morgan fingerprint density at radius 3 is 2.47 bits per heavy atom. The predicted molar refractivity (Wildman–Crippen MR) is 69.3 cm³/mol. The van der Waals surface area contributed by atoms with E-state index in [4.69, 9.17) is 9.47 Å². The lowest BCUT2D eigenvalue weighted by molar-refractivity contribution is 0.304. The highest BCUT2D eigenvalue weighted by Gasteiger charge is 2.01. The molecule has 0 aliphatic rings. The van der Waals surface area contributed by atoms with Crippen LogP contribution >= 0.6 is 15.9 Å². The van der Waals surface area contributed by atoms with Crippen LogP contribution in [-0.2, 0) is 6.61 Å². The molecule has 0 spiro atoms. The van der Waals surface area contributed by atoms with Gasteiger partial charge in [0.1, 0.15) is 22.7 Å². The highest BCUT2D eigenvalue weighted by molar-refractivity contribution is 9.10. The van der Waals surface area contributed by atoms with E-state index in [0.717, 1.165) is 21.7 Å². The van der Waals surface area contributed by atoms with Gasteiger partial charge in [-0.3, -0.25) is 0 Å². The van der Waals surface area contributed by atoms with Gasteiger partial charge >= 0.3 is 0 Å². The van der Waals surface area contributed by atoms with Gasteiger partial charge in [0.05, 0.1) is 7.11 Å². The van der Waals surface area contributed by atoms with Crippen molar-refractivity contribution in [1.82, 2.24) is 4.98 Å². The maximum Gasteiger partial charge on any atom is 0.120 e. The molecule has 0 unspecified atom stereocenters. The van der Waals surface area contributed by atoms with Crippen LogP contribution in [-0.4, -0.2) is 12.1 Å². The summed E-state index contributed by atoms with van der Waals surface area (Å²) >= 11 is 3.38. The van der Waals surface area contributed by atoms with Crippen molar-refractivity contribution in [3.63, 3.8) is 0 Å². The average Bonchev–Trinajstić information content (AvgIpc) is 2.38. The third kappa shape index (κ3) is 3.20. The molecule has 0 bridgehead atoms. The van der Waals surface area contributed by atoms with Crippen molar-refractivity contribution in [2.75, 3.05) is 7.11 Å². The number of benzene rings is 1. The predicted octanol–water partition coefficient (Wildman–Crippen LogP) is 3.43. The first-order chi connectivity index (χ1) is 8.29. The Bertz CT molecular complexity index is 485. The molecule has 3 nitrogen and oxygen atoms in total. The molecule has 4 heteroatoms. The Morgan fingerprint density at radius 1 is 1.12 bits per heavy atom. The molecule has 17 heavy (non-hydrogen) atoms. The van der Waals surface area contributed by atoms with Crippen LogP contribution in [0.2, 0.25) is 0 Å². The van der Waals surface area contributed by atoms with Crippen LogP contribution in [0.1, 0.15) is 5.56 Å². The summed E-state index contributed by atoms with van der Waals surface area (Å²) in [5, 5.41) is 0. The zero-order valence-corrected chi connectivity index (χ0v) is 11.0. The van der Waals surface area contributed by atoms with Crippen molar-refractivity contribution in [2.24, 2.45) is 0 Å². The molecule has 2 aromatic rings. The fourth-order valence-corrected chi connectivity index (χ4v) is 1.72. The fourth-order valence-electron chi connectivity index (χ4n) is 1.36. The lowest BCUT2D eigenvalue weighted by Crippen LogP contribution is -1.97. The van der Waals surface area contributed by atoms with Crippen molar-refractivity contribution < 1.29 is 9.47 Å². The van der Waals surface area contributed by atoms with Crippen molar-refractivity contribution >= 4 is 15.9 Å². The highest BCUT2D eigenvalue weighted by Crippen LogP contribution is 2.19. The van der Waals surface area contributed by atoms with E-state index >= 15 is 0 Å². The minimum absolute atomic E-state index is 0.487. The standard InChI is InChI=1S/C13H12BrNO2/c1-16-11-4-6-12(7-5-11)17-9-10-3-2-8-15-13(10)14/h2-8H,9H2,1H3. The maximum atomic E-state index is 5.65. The lowest BCUT2D eigenvalue weighted by Gasteiger charge is -2.07. The molecular formula is C13H12BrNO2. The zero-order chi connectivity index (χ0) is 12.1. The second-order valence-electron chi connectivity index (χ2n) is 3.42. The molecule has 1 heterocycles. The van der Waals surface area contributed by atoms with Crippen molar-refractivity contribution in [3.05, 3.63) is 52.8 Å². The molecule has 2 rings (SSSR count). The van der Waals surface area contributed by atoms with E-state index in [2.05, 4.69) is 20.9 Å². The lowest BCUT2D eigenvalue weighted by atomic mass is 10.3. The second-order valence-corrected chi connectivity index (χ2v) is 4.17. The molecule has 0 fully saturated rings. The molecule has 0 amide bonds. The number of halogens is 1. The maximum absolute atomic E-state index is 5.65. The number of aromatic nitrogens is 1. The first-order valence-electron chi connectivity index (χ1n) is 5.16. The first kappa shape index (κ1) is 11.9. The summed E-state index contributed by atoms with van der Waals surface area (Å²) in [4.78, 5) is 4.14. The van der Waals surface area contributed by atoms with Crippen LogP contribution in [0.4, 0.5) is 0 Å². The number of methoxy groups -OCH3 is 1. The molecular weight excluding hydrogens is 282 g/mol. The van der Waals surface area contributed by atoms with Gasteiger partial charge in [0, 0.05) is 11.8 Å². The summed E-state index contributed by atoms with van der Waals surface area (Å²) in [6.45, 7) is 0.487. The summed E-state index contributed by atoms with van der Waals surface area (Å²) in [6, 6.07) is 11.4. The largest absolute Gasteiger partial charge is 0.497 e. The number of pyridine rings is 1. The Kier molecular flexibility index (Phi) is 3.98. The van der Waals surface area contributed by atoms with Crippen LogP contribution in [0.15, 0.2) is 47.2 Å². The molecule has 0 saturated carbocycles. The zero-order valence-electron chi connectivity index (χ0n) is 9.39. The molecule has 0 aliphatic heterocycles. The minimum Gasteiger partial charge on any atom is -0.497 e.